The Morgan fingerprint density at radius 3 is 2.67 bits per heavy atom. The average molecular weight is 317 g/mol. The molecule has 3 heterocycles. The lowest BCUT2D eigenvalue weighted by molar-refractivity contribution is 0.107. The molecule has 1 aromatic carbocycles. The molecule has 0 fully saturated rings. The smallest absolute Gasteiger partial charge is 0.179 e. The summed E-state index contributed by atoms with van der Waals surface area (Å²) in [4.78, 5) is 14.2. The second kappa shape index (κ2) is 6.13. The minimum Gasteiger partial charge on any atom is -0.375 e. The van der Waals surface area contributed by atoms with Gasteiger partial charge in [-0.05, 0) is 38.5 Å². The summed E-state index contributed by atoms with van der Waals surface area (Å²) < 4.78 is 5.61. The summed E-state index contributed by atoms with van der Waals surface area (Å²) in [5.74, 6) is 0.666. The maximum absolute atomic E-state index is 5.61. The third-order valence-corrected chi connectivity index (χ3v) is 4.24. The number of aromatic nitrogens is 3. The number of hydrogen-bond donors (Lipinski definition) is 0. The van der Waals surface area contributed by atoms with Crippen molar-refractivity contribution in [3.63, 3.8) is 0 Å². The lowest BCUT2D eigenvalue weighted by atomic mass is 9.99. The average Bonchev–Trinajstić information content (AvgIpc) is 2.61. The largest absolute Gasteiger partial charge is 0.375 e. The summed E-state index contributed by atoms with van der Waals surface area (Å²) in [6.07, 6.45) is 0.847. The van der Waals surface area contributed by atoms with Crippen molar-refractivity contribution < 1.29 is 4.74 Å². The Morgan fingerprint density at radius 2 is 1.83 bits per heavy atom. The van der Waals surface area contributed by atoms with E-state index >= 15 is 0 Å². The first-order chi connectivity index (χ1) is 11.7. The van der Waals surface area contributed by atoms with Crippen LogP contribution in [0.25, 0.3) is 22.8 Å². The van der Waals surface area contributed by atoms with Gasteiger partial charge >= 0.3 is 0 Å². The molecule has 4 rings (SSSR count). The van der Waals surface area contributed by atoms with E-state index in [0.29, 0.717) is 12.4 Å². The van der Waals surface area contributed by atoms with Crippen LogP contribution in [0.1, 0.15) is 22.5 Å². The van der Waals surface area contributed by atoms with Gasteiger partial charge in [0.15, 0.2) is 5.82 Å². The van der Waals surface area contributed by atoms with E-state index in [0.717, 1.165) is 41.4 Å². The van der Waals surface area contributed by atoms with E-state index in [1.807, 2.05) is 25.1 Å². The van der Waals surface area contributed by atoms with E-state index in [1.165, 1.54) is 11.1 Å². The Morgan fingerprint density at radius 1 is 0.958 bits per heavy atom. The summed E-state index contributed by atoms with van der Waals surface area (Å²) in [5.41, 5.74) is 7.30. The van der Waals surface area contributed by atoms with Crippen molar-refractivity contribution >= 4 is 0 Å². The lowest BCUT2D eigenvalue weighted by Crippen LogP contribution is -2.15. The molecule has 0 unspecified atom stereocenters. The monoisotopic (exact) mass is 317 g/mol. The molecule has 120 valence electrons. The van der Waals surface area contributed by atoms with Crippen molar-refractivity contribution in [3.05, 3.63) is 65.0 Å². The number of ether oxygens (including phenoxy) is 1. The van der Waals surface area contributed by atoms with Crippen LogP contribution in [-0.2, 0) is 17.8 Å². The Hall–Kier alpha value is -2.59. The number of pyridine rings is 1. The predicted molar refractivity (Wildman–Crippen MR) is 93.5 cm³/mol. The van der Waals surface area contributed by atoms with Gasteiger partial charge in [-0.1, -0.05) is 29.8 Å². The lowest BCUT2D eigenvalue weighted by Gasteiger charge is -2.20. The summed E-state index contributed by atoms with van der Waals surface area (Å²) in [7, 11) is 0. The zero-order valence-electron chi connectivity index (χ0n) is 13.9. The minimum atomic E-state index is 0.537. The van der Waals surface area contributed by atoms with Crippen molar-refractivity contribution in [2.45, 2.75) is 26.9 Å². The van der Waals surface area contributed by atoms with Crippen LogP contribution in [0, 0.1) is 13.8 Å². The Bertz CT molecular complexity index is 905. The molecule has 1 aliphatic rings. The molecule has 4 nitrogen and oxygen atoms in total. The third-order valence-electron chi connectivity index (χ3n) is 4.24. The Kier molecular flexibility index (Phi) is 3.82. The van der Waals surface area contributed by atoms with Gasteiger partial charge in [-0.25, -0.2) is 15.0 Å². The van der Waals surface area contributed by atoms with Crippen LogP contribution in [0.15, 0.2) is 42.5 Å². The fraction of sp³-hybridized carbons (Fsp3) is 0.250. The van der Waals surface area contributed by atoms with E-state index in [9.17, 15) is 0 Å². The van der Waals surface area contributed by atoms with Crippen molar-refractivity contribution in [1.29, 1.82) is 0 Å². The first-order valence-corrected chi connectivity index (χ1v) is 8.19. The molecule has 0 N–H and O–H groups in total. The first-order valence-electron chi connectivity index (χ1n) is 8.19. The molecule has 0 bridgehead atoms. The second-order valence-corrected chi connectivity index (χ2v) is 6.16. The minimum absolute atomic E-state index is 0.537. The molecule has 24 heavy (non-hydrogen) atoms. The van der Waals surface area contributed by atoms with Crippen molar-refractivity contribution in [2.24, 2.45) is 0 Å². The van der Waals surface area contributed by atoms with Crippen molar-refractivity contribution in [2.75, 3.05) is 6.61 Å². The summed E-state index contributed by atoms with van der Waals surface area (Å²) in [6, 6.07) is 14.4. The number of nitrogens with zero attached hydrogens (tertiary/aromatic N) is 3. The molecule has 0 saturated heterocycles. The van der Waals surface area contributed by atoms with E-state index in [1.54, 1.807) is 0 Å². The van der Waals surface area contributed by atoms with Gasteiger partial charge in [-0.2, -0.15) is 0 Å². The summed E-state index contributed by atoms with van der Waals surface area (Å²) in [6.45, 7) is 5.34. The normalized spacial score (nSPS) is 13.6. The van der Waals surface area contributed by atoms with Crippen LogP contribution in [0.4, 0.5) is 0 Å². The van der Waals surface area contributed by atoms with Crippen LogP contribution in [0.2, 0.25) is 0 Å². The van der Waals surface area contributed by atoms with Crippen LogP contribution in [0.3, 0.4) is 0 Å². The highest BCUT2D eigenvalue weighted by atomic mass is 16.5. The van der Waals surface area contributed by atoms with Gasteiger partial charge in [0, 0.05) is 16.8 Å². The fourth-order valence-corrected chi connectivity index (χ4v) is 3.07. The van der Waals surface area contributed by atoms with Gasteiger partial charge in [0.25, 0.3) is 0 Å². The molecule has 2 aromatic heterocycles. The molecular weight excluding hydrogens is 298 g/mol. The van der Waals surface area contributed by atoms with Crippen LogP contribution >= 0.6 is 0 Å². The summed E-state index contributed by atoms with van der Waals surface area (Å²) >= 11 is 0. The maximum atomic E-state index is 5.61. The van der Waals surface area contributed by atoms with Crippen LogP contribution in [-0.4, -0.2) is 21.6 Å². The van der Waals surface area contributed by atoms with Gasteiger partial charge in [0.2, 0.25) is 0 Å². The SMILES string of the molecule is Cc1cccc(-c2nc(-c3cccc(C)n3)nc3c2CCOC3)c1. The van der Waals surface area contributed by atoms with Gasteiger partial charge < -0.3 is 4.74 Å². The van der Waals surface area contributed by atoms with Crippen molar-refractivity contribution in [1.82, 2.24) is 15.0 Å². The van der Waals surface area contributed by atoms with Gasteiger partial charge in [-0.3, -0.25) is 0 Å². The third kappa shape index (κ3) is 2.81. The summed E-state index contributed by atoms with van der Waals surface area (Å²) in [5, 5.41) is 0. The molecule has 1 aliphatic heterocycles. The number of hydrogen-bond acceptors (Lipinski definition) is 4. The van der Waals surface area contributed by atoms with E-state index in [4.69, 9.17) is 14.7 Å². The molecular formula is C20H19N3O. The quantitative estimate of drug-likeness (QED) is 0.719. The molecule has 0 aliphatic carbocycles. The Balaban J connectivity index is 1.93. The molecule has 0 radical (unpaired) electrons. The van der Waals surface area contributed by atoms with Crippen LogP contribution < -0.4 is 0 Å². The fourth-order valence-electron chi connectivity index (χ4n) is 3.07. The van der Waals surface area contributed by atoms with Crippen LogP contribution in [0.5, 0.6) is 0 Å². The first kappa shape index (κ1) is 15.0. The second-order valence-electron chi connectivity index (χ2n) is 6.16. The number of rotatable bonds is 2. The van der Waals surface area contributed by atoms with E-state index in [2.05, 4.69) is 36.2 Å². The number of aryl methyl sites for hydroxylation is 2. The zero-order chi connectivity index (χ0) is 16.5. The van der Waals surface area contributed by atoms with Crippen molar-refractivity contribution in [3.8, 4) is 22.8 Å². The van der Waals surface area contributed by atoms with Gasteiger partial charge in [-0.15, -0.1) is 0 Å². The molecule has 4 heteroatoms. The predicted octanol–water partition coefficient (Wildman–Crippen LogP) is 3.90. The zero-order valence-corrected chi connectivity index (χ0v) is 13.9. The molecule has 0 amide bonds. The number of benzene rings is 1. The maximum Gasteiger partial charge on any atom is 0.179 e. The van der Waals surface area contributed by atoms with Gasteiger partial charge in [0.05, 0.1) is 24.6 Å². The highest BCUT2D eigenvalue weighted by Gasteiger charge is 2.20. The van der Waals surface area contributed by atoms with E-state index < -0.39 is 0 Å². The molecule has 0 atom stereocenters. The Labute approximate surface area is 141 Å². The van der Waals surface area contributed by atoms with Gasteiger partial charge in [0.1, 0.15) is 5.69 Å². The molecule has 3 aromatic rings. The topological polar surface area (TPSA) is 47.9 Å². The standard InChI is InChI=1S/C20H19N3O/c1-13-5-3-7-15(11-13)19-16-9-10-24-12-18(16)22-20(23-19)17-8-4-6-14(2)21-17/h3-8,11H,9-10,12H2,1-2H3. The molecule has 0 saturated carbocycles. The molecule has 0 spiro atoms. The number of fused-ring (bicyclic) bond motifs is 1. The highest BCUT2D eigenvalue weighted by molar-refractivity contribution is 5.67. The highest BCUT2D eigenvalue weighted by Crippen LogP contribution is 2.29. The van der Waals surface area contributed by atoms with E-state index in [-0.39, 0.29) is 0 Å².